The number of halogens is 1. The number of ether oxygens (including phenoxy) is 2. The predicted octanol–water partition coefficient (Wildman–Crippen LogP) is 6.40. The first kappa shape index (κ1) is 53.6. The Morgan fingerprint density at radius 3 is 2.27 bits per heavy atom. The van der Waals surface area contributed by atoms with Gasteiger partial charge in [-0.25, -0.2) is 9.97 Å². The van der Waals surface area contributed by atoms with E-state index in [1.54, 1.807) is 35.7 Å². The van der Waals surface area contributed by atoms with Gasteiger partial charge in [-0.3, -0.25) is 24.6 Å². The summed E-state index contributed by atoms with van der Waals surface area (Å²) >= 11 is 7.85. The molecule has 382 valence electrons. The number of anilines is 1. The molecule has 18 heteroatoms. The molecule has 2 aromatic heterocycles. The van der Waals surface area contributed by atoms with Crippen LogP contribution in [0.15, 0.2) is 66.3 Å². The average Bonchev–Trinajstić information content (AvgIpc) is 3.96. The summed E-state index contributed by atoms with van der Waals surface area (Å²) < 4.78 is 12.2. The number of nitrogens with one attached hydrogen (secondary N) is 3. The number of carbonyl (C=O) groups excluding carboxylic acids is 3. The van der Waals surface area contributed by atoms with Crippen molar-refractivity contribution < 1.29 is 34.1 Å². The third kappa shape index (κ3) is 12.2. The number of rotatable bonds is 18. The van der Waals surface area contributed by atoms with Gasteiger partial charge in [0.15, 0.2) is 0 Å². The molecule has 0 spiro atoms. The fourth-order valence-electron chi connectivity index (χ4n) is 10.7. The van der Waals surface area contributed by atoms with Crippen LogP contribution < -0.4 is 25.6 Å². The predicted molar refractivity (Wildman–Crippen MR) is 275 cm³/mol. The van der Waals surface area contributed by atoms with E-state index in [0.717, 1.165) is 53.7 Å². The van der Waals surface area contributed by atoms with Gasteiger partial charge in [-0.2, -0.15) is 5.26 Å². The number of likely N-dealkylation sites (tertiary alicyclic amines) is 1. The largest absolute Gasteiger partial charge is 0.489 e. The van der Waals surface area contributed by atoms with Crippen LogP contribution in [0.5, 0.6) is 5.75 Å². The first-order valence-corrected chi connectivity index (χ1v) is 25.8. The number of hydrogen-bond acceptors (Lipinski definition) is 14. The highest BCUT2D eigenvalue weighted by atomic mass is 35.5. The standard InChI is InChI=1S/C53H70ClN9O7S/c1-10-40(33-11-13-34(14-12-33)44-32(2)57-31-71-44)58-47(67)41-25-37(64)29-63(41)48(68)45(51(3,4)5)59-43(65)30-69-24-23-61-19-21-62(22-20-61)42-18-16-36(28-56-42)46(66)60-49-52(6,7)50(53(49,8)9)70-38-17-15-35(27-55)39(54)26-38/h11-18,26,28,31,37,40-41,45-46,49-50,60,64,66H,10,19-25,29-30H2,1-9H3,(H,58,67)(H,59,65)/t37-,40+,41+,45-,46?,49?,50?/m1/s1. The number of aryl methyl sites for hydroxylation is 1. The Morgan fingerprint density at radius 2 is 1.68 bits per heavy atom. The van der Waals surface area contributed by atoms with Crippen LogP contribution in [-0.4, -0.2) is 131 Å². The Kier molecular flexibility index (Phi) is 16.8. The second-order valence-corrected chi connectivity index (χ2v) is 22.6. The molecule has 3 fully saturated rings. The van der Waals surface area contributed by atoms with Crippen molar-refractivity contribution in [3.05, 3.63) is 93.7 Å². The lowest BCUT2D eigenvalue weighted by Crippen LogP contribution is -2.74. The van der Waals surface area contributed by atoms with Crippen LogP contribution in [0.3, 0.4) is 0 Å². The van der Waals surface area contributed by atoms with Gasteiger partial charge in [-0.1, -0.05) is 91.3 Å². The number of nitrogens with zero attached hydrogens (tertiary/aromatic N) is 6. The first-order chi connectivity index (χ1) is 33.6. The number of hydrogen-bond donors (Lipinski definition) is 5. The molecular formula is C53H70ClN9O7S. The van der Waals surface area contributed by atoms with Crippen molar-refractivity contribution in [1.82, 2.24) is 35.7 Å². The van der Waals surface area contributed by atoms with Crippen molar-refractivity contribution in [3.8, 4) is 22.3 Å². The smallest absolute Gasteiger partial charge is 0.246 e. The lowest BCUT2D eigenvalue weighted by atomic mass is 9.49. The SMILES string of the molecule is CC[C@H](NC(=O)[C@@H]1C[C@@H](O)CN1C(=O)[C@@H](NC(=O)COCCN1CCN(c2ccc(C(O)NC3C(C)(C)C(Oc4ccc(C#N)c(Cl)c4)C3(C)C)cn2)CC1)C(C)(C)C)c1ccc(-c2scnc2C)cc1. The summed E-state index contributed by atoms with van der Waals surface area (Å²) in [4.78, 5) is 57.4. The zero-order valence-electron chi connectivity index (χ0n) is 42.4. The van der Waals surface area contributed by atoms with Crippen LogP contribution in [-0.2, 0) is 19.1 Å². The summed E-state index contributed by atoms with van der Waals surface area (Å²) in [6.45, 7) is 21.6. The zero-order valence-corrected chi connectivity index (χ0v) is 43.9. The Labute approximate surface area is 427 Å². The first-order valence-electron chi connectivity index (χ1n) is 24.5. The van der Waals surface area contributed by atoms with Crippen molar-refractivity contribution >= 4 is 46.5 Å². The Hall–Kier alpha value is -5.19. The second-order valence-electron chi connectivity index (χ2n) is 21.3. The highest BCUT2D eigenvalue weighted by molar-refractivity contribution is 7.13. The second kappa shape index (κ2) is 22.3. The van der Waals surface area contributed by atoms with Crippen molar-refractivity contribution in [3.63, 3.8) is 0 Å². The summed E-state index contributed by atoms with van der Waals surface area (Å²) in [5, 5.41) is 41.0. The van der Waals surface area contributed by atoms with Crippen LogP contribution in [0.4, 0.5) is 5.82 Å². The zero-order chi connectivity index (χ0) is 51.4. The minimum absolute atomic E-state index is 0.0132. The van der Waals surface area contributed by atoms with E-state index in [4.69, 9.17) is 26.1 Å². The molecule has 2 aromatic carbocycles. The van der Waals surface area contributed by atoms with Crippen LogP contribution in [0, 0.1) is 34.5 Å². The molecule has 0 radical (unpaired) electrons. The molecule has 5 atom stereocenters. The number of thiazole rings is 1. The molecule has 71 heavy (non-hydrogen) atoms. The lowest BCUT2D eigenvalue weighted by Gasteiger charge is -2.63. The van der Waals surface area contributed by atoms with Gasteiger partial charge in [-0.15, -0.1) is 11.3 Å². The maximum atomic E-state index is 14.2. The van der Waals surface area contributed by atoms with Gasteiger partial charge >= 0.3 is 0 Å². The number of pyridine rings is 1. The number of amides is 3. The van der Waals surface area contributed by atoms with Gasteiger partial charge in [0.1, 0.15) is 48.7 Å². The summed E-state index contributed by atoms with van der Waals surface area (Å²) in [6, 6.07) is 16.8. The Bertz CT molecular complexity index is 2520. The normalized spacial score (nSPS) is 22.2. The number of piperazine rings is 1. The van der Waals surface area contributed by atoms with Gasteiger partial charge in [0.05, 0.1) is 45.4 Å². The number of benzene rings is 2. The molecule has 1 saturated carbocycles. The molecular weight excluding hydrogens is 942 g/mol. The summed E-state index contributed by atoms with van der Waals surface area (Å²) in [6.07, 6.45) is 0.435. The summed E-state index contributed by atoms with van der Waals surface area (Å²) in [5.74, 6) is 0.200. The lowest BCUT2D eigenvalue weighted by molar-refractivity contribution is -0.179. The number of aliphatic hydroxyl groups is 2. The maximum absolute atomic E-state index is 14.2. The molecule has 4 heterocycles. The molecule has 3 aliphatic rings. The Morgan fingerprint density at radius 1 is 0.986 bits per heavy atom. The average molecular weight is 1010 g/mol. The van der Waals surface area contributed by atoms with E-state index < -0.39 is 41.6 Å². The van der Waals surface area contributed by atoms with Crippen LogP contribution >= 0.6 is 22.9 Å². The maximum Gasteiger partial charge on any atom is 0.246 e. The topological polar surface area (TPSA) is 206 Å². The third-order valence-electron chi connectivity index (χ3n) is 14.4. The van der Waals surface area contributed by atoms with E-state index in [9.17, 15) is 29.9 Å². The van der Waals surface area contributed by atoms with E-state index in [-0.39, 0.29) is 54.5 Å². The van der Waals surface area contributed by atoms with Gasteiger partial charge < -0.3 is 40.1 Å². The van der Waals surface area contributed by atoms with E-state index in [1.165, 1.54) is 4.90 Å². The Balaban J connectivity index is 0.837. The van der Waals surface area contributed by atoms with Gasteiger partial charge in [-0.05, 0) is 54.2 Å². The molecule has 16 nitrogen and oxygen atoms in total. The number of nitriles is 1. The summed E-state index contributed by atoms with van der Waals surface area (Å²) in [7, 11) is 0. The van der Waals surface area contributed by atoms with Crippen molar-refractivity contribution in [2.75, 3.05) is 57.4 Å². The molecule has 5 N–H and O–H groups in total. The molecule has 7 rings (SSSR count). The molecule has 1 unspecified atom stereocenters. The quantitative estimate of drug-likeness (QED) is 0.0542. The summed E-state index contributed by atoms with van der Waals surface area (Å²) in [5.41, 5.74) is 4.45. The number of carbonyl (C=O) groups is 3. The van der Waals surface area contributed by atoms with E-state index in [2.05, 4.69) is 64.5 Å². The van der Waals surface area contributed by atoms with E-state index in [0.29, 0.717) is 41.5 Å². The number of aromatic nitrogens is 2. The number of aliphatic hydroxyl groups excluding tert-OH is 2. The van der Waals surface area contributed by atoms with Crippen LogP contribution in [0.2, 0.25) is 5.02 Å². The molecule has 2 saturated heterocycles. The molecule has 0 bridgehead atoms. The van der Waals surface area contributed by atoms with Gasteiger partial charge in [0.2, 0.25) is 17.7 Å². The van der Waals surface area contributed by atoms with Gasteiger partial charge in [0.25, 0.3) is 0 Å². The highest BCUT2D eigenvalue weighted by Crippen LogP contribution is 2.56. The van der Waals surface area contributed by atoms with Crippen molar-refractivity contribution in [1.29, 1.82) is 5.26 Å². The highest BCUT2D eigenvalue weighted by Gasteiger charge is 2.64. The minimum Gasteiger partial charge on any atom is -0.489 e. The fourth-order valence-corrected chi connectivity index (χ4v) is 11.7. The van der Waals surface area contributed by atoms with E-state index >= 15 is 0 Å². The minimum atomic E-state index is -0.961. The van der Waals surface area contributed by atoms with Gasteiger partial charge in [0, 0.05) is 80.4 Å². The third-order valence-corrected chi connectivity index (χ3v) is 15.7. The van der Waals surface area contributed by atoms with Crippen molar-refractivity contribution in [2.24, 2.45) is 16.2 Å². The number of β-amino-alcohol motifs (C(OH)–C–C–N with tert-alkyl or cyclic N) is 1. The molecule has 4 aromatic rings. The fraction of sp³-hybridized carbons (Fsp3) is 0.547. The molecule has 2 aliphatic heterocycles. The molecule has 3 amide bonds. The molecule has 1 aliphatic carbocycles. The monoisotopic (exact) mass is 1010 g/mol. The van der Waals surface area contributed by atoms with Crippen LogP contribution in [0.1, 0.15) is 103 Å². The van der Waals surface area contributed by atoms with E-state index in [1.807, 2.05) is 76.5 Å². The van der Waals surface area contributed by atoms with Crippen molar-refractivity contribution in [2.45, 2.75) is 118 Å². The van der Waals surface area contributed by atoms with Crippen LogP contribution in [0.25, 0.3) is 10.4 Å².